The van der Waals surface area contributed by atoms with Gasteiger partial charge in [0.2, 0.25) is 5.88 Å². The van der Waals surface area contributed by atoms with Crippen LogP contribution in [-0.2, 0) is 11.3 Å². The Labute approximate surface area is 174 Å². The number of nitrogens with zero attached hydrogens (tertiary/aromatic N) is 3. The number of hydrogen-bond acceptors (Lipinski definition) is 4. The molecule has 1 aromatic rings. The second-order valence-corrected chi connectivity index (χ2v) is 6.19. The number of aromatic nitrogens is 1. The summed E-state index contributed by atoms with van der Waals surface area (Å²) in [6, 6.07) is 3.18. The molecule has 1 aromatic heterocycles. The van der Waals surface area contributed by atoms with Crippen LogP contribution in [-0.4, -0.2) is 62.0 Å². The summed E-state index contributed by atoms with van der Waals surface area (Å²) in [6.07, 6.45) is -1.93. The van der Waals surface area contributed by atoms with E-state index >= 15 is 0 Å². The Morgan fingerprint density at radius 1 is 1.48 bits per heavy atom. The molecule has 1 fully saturated rings. The number of pyridine rings is 1. The standard InChI is InChI=1S/C17H25F3N4O2.HI/c1-3-21-16(24(2)10-14-5-7-25-11-14)23-9-13-4-6-22-15(8-13)26-12-17(18,19)20;/h4,6,8,14H,3,5,7,9-12H2,1-2H3,(H,21,23);1H. The smallest absolute Gasteiger partial charge is 0.422 e. The molecule has 0 aromatic carbocycles. The molecule has 27 heavy (non-hydrogen) atoms. The van der Waals surface area contributed by atoms with Crippen molar-refractivity contribution < 1.29 is 22.6 Å². The number of ether oxygens (including phenoxy) is 2. The lowest BCUT2D eigenvalue weighted by Crippen LogP contribution is -2.41. The molecule has 1 N–H and O–H groups in total. The van der Waals surface area contributed by atoms with Gasteiger partial charge in [0.15, 0.2) is 12.6 Å². The number of nitrogens with one attached hydrogen (secondary N) is 1. The molecule has 1 unspecified atom stereocenters. The number of guanidine groups is 1. The first-order chi connectivity index (χ1) is 12.4. The van der Waals surface area contributed by atoms with Crippen LogP contribution in [0, 0.1) is 5.92 Å². The van der Waals surface area contributed by atoms with Gasteiger partial charge in [-0.15, -0.1) is 24.0 Å². The van der Waals surface area contributed by atoms with E-state index in [1.807, 2.05) is 18.9 Å². The maximum Gasteiger partial charge on any atom is 0.422 e. The minimum absolute atomic E-state index is 0. The fraction of sp³-hybridized carbons (Fsp3) is 0.647. The van der Waals surface area contributed by atoms with E-state index in [9.17, 15) is 13.2 Å². The molecule has 0 aliphatic carbocycles. The van der Waals surface area contributed by atoms with Crippen molar-refractivity contribution in [1.82, 2.24) is 15.2 Å². The molecule has 0 saturated carbocycles. The number of halogens is 4. The highest BCUT2D eigenvalue weighted by molar-refractivity contribution is 14.0. The van der Waals surface area contributed by atoms with Crippen molar-refractivity contribution in [2.45, 2.75) is 26.1 Å². The third-order valence-corrected chi connectivity index (χ3v) is 3.85. The third-order valence-electron chi connectivity index (χ3n) is 3.85. The molecule has 2 rings (SSSR count). The minimum Gasteiger partial charge on any atom is -0.468 e. The molecular weight excluding hydrogens is 476 g/mol. The summed E-state index contributed by atoms with van der Waals surface area (Å²) < 4.78 is 46.8. The fourth-order valence-electron chi connectivity index (χ4n) is 2.62. The number of aliphatic imine (C=N–C) groups is 1. The van der Waals surface area contributed by atoms with Gasteiger partial charge in [0.05, 0.1) is 13.2 Å². The van der Waals surface area contributed by atoms with Crippen LogP contribution in [0.1, 0.15) is 18.9 Å². The minimum atomic E-state index is -4.39. The van der Waals surface area contributed by atoms with E-state index in [-0.39, 0.29) is 29.9 Å². The van der Waals surface area contributed by atoms with Crippen molar-refractivity contribution in [2.24, 2.45) is 10.9 Å². The first kappa shape index (κ1) is 23.7. The first-order valence-corrected chi connectivity index (χ1v) is 8.59. The molecule has 0 amide bonds. The van der Waals surface area contributed by atoms with Crippen molar-refractivity contribution in [2.75, 3.05) is 40.0 Å². The summed E-state index contributed by atoms with van der Waals surface area (Å²) >= 11 is 0. The SMILES string of the molecule is CCNC(=NCc1ccnc(OCC(F)(F)F)c1)N(C)CC1CCOC1.I. The van der Waals surface area contributed by atoms with Gasteiger partial charge in [-0.25, -0.2) is 9.98 Å². The second kappa shape index (κ2) is 11.5. The maximum absolute atomic E-state index is 12.2. The van der Waals surface area contributed by atoms with Crippen LogP contribution >= 0.6 is 24.0 Å². The van der Waals surface area contributed by atoms with Crippen LogP contribution in [0.2, 0.25) is 0 Å². The molecule has 1 aliphatic heterocycles. The average Bonchev–Trinajstić information content (AvgIpc) is 3.09. The zero-order chi connectivity index (χ0) is 19.0. The Hall–Kier alpha value is -1.30. The summed E-state index contributed by atoms with van der Waals surface area (Å²) in [5.41, 5.74) is 0.727. The Morgan fingerprint density at radius 2 is 2.26 bits per heavy atom. The number of alkyl halides is 3. The van der Waals surface area contributed by atoms with Crippen LogP contribution in [0.4, 0.5) is 13.2 Å². The normalized spacial score (nSPS) is 17.4. The number of rotatable bonds is 7. The van der Waals surface area contributed by atoms with E-state index in [1.54, 1.807) is 6.07 Å². The predicted octanol–water partition coefficient (Wildman–Crippen LogP) is 3.07. The summed E-state index contributed by atoms with van der Waals surface area (Å²) in [7, 11) is 1.96. The lowest BCUT2D eigenvalue weighted by molar-refractivity contribution is -0.154. The zero-order valence-electron chi connectivity index (χ0n) is 15.5. The molecule has 10 heteroatoms. The molecule has 1 aliphatic rings. The van der Waals surface area contributed by atoms with Crippen LogP contribution in [0.3, 0.4) is 0 Å². The maximum atomic E-state index is 12.2. The van der Waals surface area contributed by atoms with Crippen molar-refractivity contribution in [3.05, 3.63) is 23.9 Å². The average molecular weight is 502 g/mol. The lowest BCUT2D eigenvalue weighted by atomic mass is 10.1. The Kier molecular flexibility index (Phi) is 10.1. The van der Waals surface area contributed by atoms with Gasteiger partial charge in [-0.3, -0.25) is 0 Å². The van der Waals surface area contributed by atoms with Gasteiger partial charge in [-0.2, -0.15) is 13.2 Å². The van der Waals surface area contributed by atoms with Crippen molar-refractivity contribution in [3.8, 4) is 5.88 Å². The van der Waals surface area contributed by atoms with Crippen LogP contribution < -0.4 is 10.1 Å². The molecule has 0 radical (unpaired) electrons. The quantitative estimate of drug-likeness (QED) is 0.353. The Morgan fingerprint density at radius 3 is 2.89 bits per heavy atom. The highest BCUT2D eigenvalue weighted by atomic mass is 127. The van der Waals surface area contributed by atoms with E-state index in [2.05, 4.69) is 20.0 Å². The summed E-state index contributed by atoms with van der Waals surface area (Å²) in [5.74, 6) is 1.16. The number of hydrogen-bond donors (Lipinski definition) is 1. The molecule has 2 heterocycles. The topological polar surface area (TPSA) is 59.0 Å². The molecule has 154 valence electrons. The highest BCUT2D eigenvalue weighted by Crippen LogP contribution is 2.18. The Bertz CT molecular complexity index is 596. The monoisotopic (exact) mass is 502 g/mol. The van der Waals surface area contributed by atoms with Crippen LogP contribution in [0.5, 0.6) is 5.88 Å². The third kappa shape index (κ3) is 8.96. The van der Waals surface area contributed by atoms with E-state index in [0.717, 1.165) is 44.2 Å². The molecule has 0 bridgehead atoms. The summed E-state index contributed by atoms with van der Waals surface area (Å²) in [5, 5.41) is 3.23. The first-order valence-electron chi connectivity index (χ1n) is 8.59. The van der Waals surface area contributed by atoms with Gasteiger partial charge in [-0.05, 0) is 25.0 Å². The van der Waals surface area contributed by atoms with E-state index in [1.165, 1.54) is 12.3 Å². The van der Waals surface area contributed by atoms with E-state index in [0.29, 0.717) is 12.5 Å². The van der Waals surface area contributed by atoms with Crippen molar-refractivity contribution >= 4 is 29.9 Å². The van der Waals surface area contributed by atoms with Gasteiger partial charge in [-0.1, -0.05) is 0 Å². The molecule has 1 saturated heterocycles. The zero-order valence-corrected chi connectivity index (χ0v) is 17.8. The van der Waals surface area contributed by atoms with Crippen LogP contribution in [0.25, 0.3) is 0 Å². The molecule has 6 nitrogen and oxygen atoms in total. The van der Waals surface area contributed by atoms with Gasteiger partial charge in [0.25, 0.3) is 0 Å². The van der Waals surface area contributed by atoms with E-state index < -0.39 is 12.8 Å². The Balaban J connectivity index is 0.00000364. The van der Waals surface area contributed by atoms with Gasteiger partial charge < -0.3 is 19.7 Å². The second-order valence-electron chi connectivity index (χ2n) is 6.19. The highest BCUT2D eigenvalue weighted by Gasteiger charge is 2.28. The largest absolute Gasteiger partial charge is 0.468 e. The van der Waals surface area contributed by atoms with Crippen molar-refractivity contribution in [1.29, 1.82) is 0 Å². The molecule has 1 atom stereocenters. The lowest BCUT2D eigenvalue weighted by Gasteiger charge is -2.24. The van der Waals surface area contributed by atoms with E-state index in [4.69, 9.17) is 4.74 Å². The van der Waals surface area contributed by atoms with Gasteiger partial charge in [0.1, 0.15) is 0 Å². The molecule has 0 spiro atoms. The fourth-order valence-corrected chi connectivity index (χ4v) is 2.62. The van der Waals surface area contributed by atoms with Gasteiger partial charge in [0, 0.05) is 44.9 Å². The molecular formula is C17H26F3IN4O2. The summed E-state index contributed by atoms with van der Waals surface area (Å²) in [6.45, 7) is 4.05. The van der Waals surface area contributed by atoms with Gasteiger partial charge >= 0.3 is 6.18 Å². The van der Waals surface area contributed by atoms with Crippen LogP contribution in [0.15, 0.2) is 23.3 Å². The predicted molar refractivity (Wildman–Crippen MR) is 108 cm³/mol. The van der Waals surface area contributed by atoms with Crippen molar-refractivity contribution in [3.63, 3.8) is 0 Å². The summed E-state index contributed by atoms with van der Waals surface area (Å²) in [4.78, 5) is 10.4.